The molecule has 0 saturated heterocycles. The van der Waals surface area contributed by atoms with Gasteiger partial charge in [-0.15, -0.1) is 0 Å². The molecule has 116 valence electrons. The van der Waals surface area contributed by atoms with Gasteiger partial charge in [0.25, 0.3) is 0 Å². The monoisotopic (exact) mass is 308 g/mol. The summed E-state index contributed by atoms with van der Waals surface area (Å²) >= 11 is 0. The van der Waals surface area contributed by atoms with Crippen LogP contribution in [0.2, 0.25) is 0 Å². The van der Waals surface area contributed by atoms with Crippen LogP contribution in [0.1, 0.15) is 5.56 Å². The Kier molecular flexibility index (Phi) is 3.38. The number of fused-ring (bicyclic) bond motifs is 1. The highest BCUT2D eigenvalue weighted by atomic mass is 16.5. The standard InChI is InChI=1S/C18H16N2O3/c21-18-20(9-11-23-18)15-6-7-17-16(12-15)19(8-10-22-17)13-14-4-2-1-3-5-14/h1-7,9,11-12H,8,10,13H2. The van der Waals surface area contributed by atoms with E-state index in [9.17, 15) is 4.79 Å². The number of nitrogens with zero attached hydrogens (tertiary/aromatic N) is 2. The second kappa shape index (κ2) is 5.68. The fraction of sp³-hybridized carbons (Fsp3) is 0.167. The average molecular weight is 308 g/mol. The van der Waals surface area contributed by atoms with Gasteiger partial charge in [-0.3, -0.25) is 0 Å². The molecule has 5 nitrogen and oxygen atoms in total. The summed E-state index contributed by atoms with van der Waals surface area (Å²) in [4.78, 5) is 14.0. The lowest BCUT2D eigenvalue weighted by Gasteiger charge is -2.31. The number of aromatic nitrogens is 1. The molecule has 3 aromatic rings. The minimum absolute atomic E-state index is 0.392. The van der Waals surface area contributed by atoms with Crippen molar-refractivity contribution in [3.8, 4) is 11.4 Å². The zero-order chi connectivity index (χ0) is 15.6. The lowest BCUT2D eigenvalue weighted by atomic mass is 10.1. The maximum absolute atomic E-state index is 11.7. The zero-order valence-corrected chi connectivity index (χ0v) is 12.5. The summed E-state index contributed by atoms with van der Waals surface area (Å²) in [6.07, 6.45) is 3.01. The van der Waals surface area contributed by atoms with Crippen molar-refractivity contribution >= 4 is 5.69 Å². The third-order valence-corrected chi connectivity index (χ3v) is 3.97. The molecule has 4 rings (SSSR count). The van der Waals surface area contributed by atoms with Crippen molar-refractivity contribution in [2.75, 3.05) is 18.1 Å². The van der Waals surface area contributed by atoms with Crippen LogP contribution in [-0.2, 0) is 6.54 Å². The van der Waals surface area contributed by atoms with Gasteiger partial charge in [0.05, 0.1) is 24.1 Å². The molecule has 0 fully saturated rings. The van der Waals surface area contributed by atoms with E-state index in [2.05, 4.69) is 17.0 Å². The summed E-state index contributed by atoms with van der Waals surface area (Å²) in [6, 6.07) is 16.0. The Hall–Kier alpha value is -2.95. The van der Waals surface area contributed by atoms with Crippen molar-refractivity contribution in [1.82, 2.24) is 4.57 Å². The molecule has 2 heterocycles. The Morgan fingerprint density at radius 2 is 1.96 bits per heavy atom. The lowest BCUT2D eigenvalue weighted by molar-refractivity contribution is 0.307. The molecule has 2 aromatic carbocycles. The van der Waals surface area contributed by atoms with Gasteiger partial charge in [-0.1, -0.05) is 30.3 Å². The summed E-state index contributed by atoms with van der Waals surface area (Å²) in [5.74, 6) is 0.448. The highest BCUT2D eigenvalue weighted by Crippen LogP contribution is 2.34. The van der Waals surface area contributed by atoms with Crippen LogP contribution in [0.4, 0.5) is 5.69 Å². The predicted octanol–water partition coefficient (Wildman–Crippen LogP) is 2.83. The molecule has 0 unspecified atom stereocenters. The maximum atomic E-state index is 11.7. The van der Waals surface area contributed by atoms with Crippen LogP contribution in [0, 0.1) is 0 Å². The van der Waals surface area contributed by atoms with Crippen LogP contribution < -0.4 is 15.4 Å². The van der Waals surface area contributed by atoms with Crippen molar-refractivity contribution < 1.29 is 9.15 Å². The predicted molar refractivity (Wildman–Crippen MR) is 87.3 cm³/mol. The normalized spacial score (nSPS) is 13.5. The van der Waals surface area contributed by atoms with Crippen molar-refractivity contribution in [3.63, 3.8) is 0 Å². The molecular formula is C18H16N2O3. The molecule has 0 atom stereocenters. The molecule has 0 radical (unpaired) electrons. The van der Waals surface area contributed by atoms with Gasteiger partial charge < -0.3 is 14.1 Å². The Morgan fingerprint density at radius 1 is 1.09 bits per heavy atom. The molecule has 0 N–H and O–H groups in total. The van der Waals surface area contributed by atoms with Crippen LogP contribution in [-0.4, -0.2) is 17.7 Å². The first-order chi connectivity index (χ1) is 11.3. The number of hydrogen-bond donors (Lipinski definition) is 0. The Labute approximate surface area is 133 Å². The summed E-state index contributed by atoms with van der Waals surface area (Å²) in [6.45, 7) is 2.28. The van der Waals surface area contributed by atoms with E-state index < -0.39 is 5.76 Å². The summed E-state index contributed by atoms with van der Waals surface area (Å²) in [5.41, 5.74) is 3.00. The third kappa shape index (κ3) is 2.61. The van der Waals surface area contributed by atoms with E-state index in [1.165, 1.54) is 16.4 Å². The van der Waals surface area contributed by atoms with E-state index >= 15 is 0 Å². The molecule has 1 aromatic heterocycles. The van der Waals surface area contributed by atoms with Gasteiger partial charge in [0.2, 0.25) is 0 Å². The van der Waals surface area contributed by atoms with Crippen LogP contribution in [0.5, 0.6) is 5.75 Å². The van der Waals surface area contributed by atoms with Crippen LogP contribution in [0.25, 0.3) is 5.69 Å². The highest BCUT2D eigenvalue weighted by Gasteiger charge is 2.19. The number of rotatable bonds is 3. The first-order valence-electron chi connectivity index (χ1n) is 7.53. The van der Waals surface area contributed by atoms with Gasteiger partial charge in [-0.05, 0) is 23.8 Å². The second-order valence-electron chi connectivity index (χ2n) is 5.45. The van der Waals surface area contributed by atoms with Gasteiger partial charge in [0.15, 0.2) is 0 Å². The molecule has 0 bridgehead atoms. The third-order valence-electron chi connectivity index (χ3n) is 3.97. The highest BCUT2D eigenvalue weighted by molar-refractivity contribution is 5.64. The van der Waals surface area contributed by atoms with E-state index in [4.69, 9.17) is 9.15 Å². The average Bonchev–Trinajstić information content (AvgIpc) is 3.02. The van der Waals surface area contributed by atoms with Crippen molar-refractivity contribution in [2.45, 2.75) is 6.54 Å². The fourth-order valence-electron chi connectivity index (χ4n) is 2.84. The van der Waals surface area contributed by atoms with Crippen LogP contribution in [0.3, 0.4) is 0 Å². The molecule has 0 amide bonds. The van der Waals surface area contributed by atoms with E-state index in [-0.39, 0.29) is 0 Å². The SMILES string of the molecule is O=c1occn1-c1ccc2c(c1)N(Cc1ccccc1)CCO2. The number of anilines is 1. The Morgan fingerprint density at radius 3 is 2.74 bits per heavy atom. The molecule has 5 heteroatoms. The van der Waals surface area contributed by atoms with Crippen molar-refractivity contribution in [1.29, 1.82) is 0 Å². The largest absolute Gasteiger partial charge is 0.490 e. The van der Waals surface area contributed by atoms with E-state index in [1.54, 1.807) is 6.20 Å². The number of oxazole rings is 1. The zero-order valence-electron chi connectivity index (χ0n) is 12.5. The molecule has 1 aliphatic rings. The summed E-state index contributed by atoms with van der Waals surface area (Å²) < 4.78 is 12.1. The minimum Gasteiger partial charge on any atom is -0.490 e. The van der Waals surface area contributed by atoms with E-state index in [0.29, 0.717) is 6.61 Å². The minimum atomic E-state index is -0.392. The van der Waals surface area contributed by atoms with Gasteiger partial charge in [0.1, 0.15) is 18.6 Å². The lowest BCUT2D eigenvalue weighted by Crippen LogP contribution is -2.32. The van der Waals surface area contributed by atoms with Gasteiger partial charge in [-0.2, -0.15) is 0 Å². The second-order valence-corrected chi connectivity index (χ2v) is 5.45. The molecule has 1 aliphatic heterocycles. The molecular weight excluding hydrogens is 292 g/mol. The summed E-state index contributed by atoms with van der Waals surface area (Å²) in [7, 11) is 0. The molecule has 0 spiro atoms. The van der Waals surface area contributed by atoms with E-state index in [0.717, 1.165) is 30.2 Å². The molecule has 23 heavy (non-hydrogen) atoms. The quantitative estimate of drug-likeness (QED) is 0.746. The van der Waals surface area contributed by atoms with Crippen molar-refractivity contribution in [3.05, 3.63) is 77.1 Å². The first kappa shape index (κ1) is 13.7. The van der Waals surface area contributed by atoms with Gasteiger partial charge >= 0.3 is 5.76 Å². The van der Waals surface area contributed by atoms with Gasteiger partial charge in [0, 0.05) is 6.54 Å². The first-order valence-corrected chi connectivity index (χ1v) is 7.53. The maximum Gasteiger partial charge on any atom is 0.423 e. The Bertz CT molecular complexity index is 867. The topological polar surface area (TPSA) is 47.6 Å². The Balaban J connectivity index is 1.71. The van der Waals surface area contributed by atoms with Gasteiger partial charge in [-0.25, -0.2) is 9.36 Å². The molecule has 0 saturated carbocycles. The number of ether oxygens (including phenoxy) is 1. The van der Waals surface area contributed by atoms with Crippen LogP contribution in [0.15, 0.2) is 70.2 Å². The fourth-order valence-corrected chi connectivity index (χ4v) is 2.84. The number of benzene rings is 2. The van der Waals surface area contributed by atoms with E-state index in [1.807, 2.05) is 36.4 Å². The smallest absolute Gasteiger partial charge is 0.423 e. The molecule has 0 aliphatic carbocycles. The van der Waals surface area contributed by atoms with Crippen LogP contribution >= 0.6 is 0 Å². The van der Waals surface area contributed by atoms with Crippen molar-refractivity contribution in [2.24, 2.45) is 0 Å². The number of hydrogen-bond acceptors (Lipinski definition) is 4. The summed E-state index contributed by atoms with van der Waals surface area (Å²) in [5, 5.41) is 0.